The maximum atomic E-state index is 11.5. The average molecular weight is 302 g/mol. The smallest absolute Gasteiger partial charge is 0.339 e. The van der Waals surface area contributed by atoms with Gasteiger partial charge in [0, 0.05) is 13.1 Å². The Hall–Kier alpha value is -1.74. The lowest BCUT2D eigenvalue weighted by atomic mass is 10.1. The molecular weight excluding hydrogens is 284 g/mol. The van der Waals surface area contributed by atoms with E-state index in [1.807, 2.05) is 0 Å². The summed E-state index contributed by atoms with van der Waals surface area (Å²) in [7, 11) is -3.36. The molecular formula is C11H18N4O4S. The first-order valence-corrected chi connectivity index (χ1v) is 7.72. The number of sulfonamides is 1. The molecule has 8 nitrogen and oxygen atoms in total. The third-order valence-electron chi connectivity index (χ3n) is 2.70. The molecule has 3 N–H and O–H groups in total. The zero-order valence-corrected chi connectivity index (χ0v) is 12.4. The molecule has 0 aliphatic carbocycles. The number of hydrogen-bond donors (Lipinski definition) is 3. The minimum absolute atomic E-state index is 0.0124. The van der Waals surface area contributed by atoms with Crippen molar-refractivity contribution < 1.29 is 18.3 Å². The summed E-state index contributed by atoms with van der Waals surface area (Å²) in [6.07, 6.45) is 0. The molecule has 0 saturated heterocycles. The first-order valence-electron chi connectivity index (χ1n) is 6.07. The quantitative estimate of drug-likeness (QED) is 0.655. The number of nitrogens with one attached hydrogen (secondary N) is 2. The number of carboxylic acids is 1. The molecule has 1 rings (SSSR count). The zero-order chi connectivity index (χ0) is 15.3. The summed E-state index contributed by atoms with van der Waals surface area (Å²) in [5.74, 6) is -1.22. The average Bonchev–Trinajstić information content (AvgIpc) is 2.33. The summed E-state index contributed by atoms with van der Waals surface area (Å²) in [5.41, 5.74) is 1.04. The number of rotatable bonds is 7. The van der Waals surface area contributed by atoms with Crippen LogP contribution in [0.25, 0.3) is 0 Å². The van der Waals surface area contributed by atoms with Crippen LogP contribution >= 0.6 is 0 Å². The molecule has 0 spiro atoms. The predicted octanol–water partition coefficient (Wildman–Crippen LogP) is 0.143. The fourth-order valence-corrected chi connectivity index (χ4v) is 2.54. The summed E-state index contributed by atoms with van der Waals surface area (Å²) in [4.78, 5) is 11.2. The molecule has 0 amide bonds. The van der Waals surface area contributed by atoms with E-state index in [9.17, 15) is 18.3 Å². The van der Waals surface area contributed by atoms with Crippen LogP contribution in [0.1, 0.15) is 28.5 Å². The third-order valence-corrected chi connectivity index (χ3v) is 4.17. The van der Waals surface area contributed by atoms with Crippen LogP contribution in [0.4, 0.5) is 5.82 Å². The molecule has 0 saturated carbocycles. The first kappa shape index (κ1) is 16.3. The molecule has 1 aromatic heterocycles. The van der Waals surface area contributed by atoms with E-state index in [2.05, 4.69) is 20.2 Å². The van der Waals surface area contributed by atoms with Crippen molar-refractivity contribution >= 4 is 21.8 Å². The molecule has 0 radical (unpaired) electrons. The number of carbonyl (C=O) groups is 1. The van der Waals surface area contributed by atoms with E-state index in [1.165, 1.54) is 0 Å². The Kier molecular flexibility index (Phi) is 5.40. The molecule has 112 valence electrons. The van der Waals surface area contributed by atoms with E-state index in [0.717, 1.165) is 0 Å². The van der Waals surface area contributed by atoms with Crippen molar-refractivity contribution in [2.75, 3.05) is 24.2 Å². The number of aromatic carboxylic acids is 1. The summed E-state index contributed by atoms with van der Waals surface area (Å²) < 4.78 is 25.3. The van der Waals surface area contributed by atoms with Gasteiger partial charge in [-0.15, -0.1) is 5.10 Å². The Morgan fingerprint density at radius 2 is 1.95 bits per heavy atom. The van der Waals surface area contributed by atoms with Crippen molar-refractivity contribution in [2.45, 2.75) is 20.8 Å². The van der Waals surface area contributed by atoms with Crippen LogP contribution in [0.5, 0.6) is 0 Å². The summed E-state index contributed by atoms with van der Waals surface area (Å²) in [6, 6.07) is 0. The van der Waals surface area contributed by atoms with Crippen LogP contribution in [0, 0.1) is 13.8 Å². The van der Waals surface area contributed by atoms with E-state index in [1.54, 1.807) is 20.8 Å². The Morgan fingerprint density at radius 3 is 2.50 bits per heavy atom. The molecule has 1 heterocycles. The van der Waals surface area contributed by atoms with Gasteiger partial charge >= 0.3 is 5.97 Å². The number of anilines is 1. The molecule has 0 aliphatic rings. The Morgan fingerprint density at radius 1 is 1.30 bits per heavy atom. The van der Waals surface area contributed by atoms with Gasteiger partial charge < -0.3 is 10.4 Å². The van der Waals surface area contributed by atoms with Crippen LogP contribution < -0.4 is 10.0 Å². The number of aryl methyl sites for hydroxylation is 1. The maximum absolute atomic E-state index is 11.5. The third kappa shape index (κ3) is 4.14. The van der Waals surface area contributed by atoms with Gasteiger partial charge in [-0.2, -0.15) is 5.10 Å². The lowest BCUT2D eigenvalue weighted by Crippen LogP contribution is -2.29. The molecule has 0 aliphatic heterocycles. The molecule has 0 bridgehead atoms. The van der Waals surface area contributed by atoms with Crippen LogP contribution in [-0.2, 0) is 10.0 Å². The van der Waals surface area contributed by atoms with Crippen LogP contribution in [0.2, 0.25) is 0 Å². The normalized spacial score (nSPS) is 11.3. The number of carboxylic acid groups (broad SMARTS) is 1. The Balaban J connectivity index is 2.84. The Labute approximate surface area is 117 Å². The van der Waals surface area contributed by atoms with E-state index in [4.69, 9.17) is 0 Å². The second kappa shape index (κ2) is 6.62. The van der Waals surface area contributed by atoms with Crippen LogP contribution in [0.3, 0.4) is 0 Å². The standard InChI is InChI=1S/C11H18N4O4S/c1-4-13-20(18,19)6-5-12-10-9(11(16)17)7(2)8(3)14-15-10/h13H,4-6H2,1-3H3,(H,12,15)(H,16,17). The van der Waals surface area contributed by atoms with Gasteiger partial charge in [-0.25, -0.2) is 17.9 Å². The minimum Gasteiger partial charge on any atom is -0.478 e. The van der Waals surface area contributed by atoms with Crippen molar-refractivity contribution in [3.63, 3.8) is 0 Å². The van der Waals surface area contributed by atoms with Crippen molar-refractivity contribution in [3.05, 3.63) is 16.8 Å². The molecule has 0 unspecified atom stereocenters. The number of hydrogen-bond acceptors (Lipinski definition) is 6. The van der Waals surface area contributed by atoms with Gasteiger partial charge in [0.05, 0.1) is 11.4 Å². The van der Waals surface area contributed by atoms with Gasteiger partial charge in [0.1, 0.15) is 5.56 Å². The molecule has 0 aromatic carbocycles. The largest absolute Gasteiger partial charge is 0.478 e. The fourth-order valence-electron chi connectivity index (χ4n) is 1.59. The molecule has 9 heteroatoms. The minimum atomic E-state index is -3.36. The highest BCUT2D eigenvalue weighted by Gasteiger charge is 2.18. The number of aromatic nitrogens is 2. The highest BCUT2D eigenvalue weighted by molar-refractivity contribution is 7.89. The lowest BCUT2D eigenvalue weighted by molar-refractivity contribution is 0.0696. The SMILES string of the molecule is CCNS(=O)(=O)CCNc1nnc(C)c(C)c1C(=O)O. The Bertz CT molecular complexity index is 601. The molecule has 20 heavy (non-hydrogen) atoms. The van der Waals surface area contributed by atoms with Crippen molar-refractivity contribution in [1.29, 1.82) is 0 Å². The van der Waals surface area contributed by atoms with Gasteiger partial charge in [-0.1, -0.05) is 6.92 Å². The first-order chi connectivity index (χ1) is 9.28. The molecule has 0 atom stereocenters. The topological polar surface area (TPSA) is 121 Å². The number of nitrogens with zero attached hydrogens (tertiary/aromatic N) is 2. The second-order valence-electron chi connectivity index (χ2n) is 4.18. The molecule has 1 aromatic rings. The summed E-state index contributed by atoms with van der Waals surface area (Å²) in [5, 5.41) is 19.5. The van der Waals surface area contributed by atoms with E-state index in [0.29, 0.717) is 17.8 Å². The van der Waals surface area contributed by atoms with Gasteiger partial charge in [-0.3, -0.25) is 0 Å². The van der Waals surface area contributed by atoms with E-state index >= 15 is 0 Å². The lowest BCUT2D eigenvalue weighted by Gasteiger charge is -2.11. The van der Waals surface area contributed by atoms with Crippen molar-refractivity contribution in [3.8, 4) is 0 Å². The van der Waals surface area contributed by atoms with Gasteiger partial charge in [0.2, 0.25) is 10.0 Å². The van der Waals surface area contributed by atoms with Crippen molar-refractivity contribution in [1.82, 2.24) is 14.9 Å². The van der Waals surface area contributed by atoms with E-state index in [-0.39, 0.29) is 23.7 Å². The second-order valence-corrected chi connectivity index (χ2v) is 6.11. The highest BCUT2D eigenvalue weighted by atomic mass is 32.2. The van der Waals surface area contributed by atoms with Crippen LogP contribution in [-0.4, -0.2) is 48.5 Å². The summed E-state index contributed by atoms with van der Waals surface area (Å²) in [6.45, 7) is 5.34. The molecule has 0 fully saturated rings. The van der Waals surface area contributed by atoms with Gasteiger partial charge in [0.15, 0.2) is 5.82 Å². The van der Waals surface area contributed by atoms with Crippen LogP contribution in [0.15, 0.2) is 0 Å². The van der Waals surface area contributed by atoms with Gasteiger partial charge in [0.25, 0.3) is 0 Å². The summed E-state index contributed by atoms with van der Waals surface area (Å²) >= 11 is 0. The van der Waals surface area contributed by atoms with Crippen molar-refractivity contribution in [2.24, 2.45) is 0 Å². The zero-order valence-electron chi connectivity index (χ0n) is 11.6. The highest BCUT2D eigenvalue weighted by Crippen LogP contribution is 2.18. The van der Waals surface area contributed by atoms with Gasteiger partial charge in [-0.05, 0) is 19.4 Å². The monoisotopic (exact) mass is 302 g/mol. The maximum Gasteiger partial charge on any atom is 0.339 e. The predicted molar refractivity (Wildman–Crippen MR) is 74.4 cm³/mol. The fraction of sp³-hybridized carbons (Fsp3) is 0.545. The van der Waals surface area contributed by atoms with E-state index < -0.39 is 16.0 Å².